The van der Waals surface area contributed by atoms with E-state index >= 15 is 0 Å². The lowest BCUT2D eigenvalue weighted by Gasteiger charge is -2.26. The molecule has 1 aromatic carbocycles. The van der Waals surface area contributed by atoms with Crippen LogP contribution in [0, 0.1) is 0 Å². The van der Waals surface area contributed by atoms with Gasteiger partial charge in [-0.3, -0.25) is 4.79 Å². The van der Waals surface area contributed by atoms with Crippen LogP contribution in [0.4, 0.5) is 5.69 Å². The molecule has 1 fully saturated rings. The number of anilines is 1. The largest absolute Gasteiger partial charge is 0.495 e. The minimum Gasteiger partial charge on any atom is -0.495 e. The molecular weight excluding hydrogens is 466 g/mol. The number of sulfonamides is 1. The summed E-state index contributed by atoms with van der Waals surface area (Å²) in [6, 6.07) is 8.16. The maximum atomic E-state index is 13.2. The van der Waals surface area contributed by atoms with E-state index in [9.17, 15) is 13.2 Å². The predicted octanol–water partition coefficient (Wildman–Crippen LogP) is 2.99. The highest BCUT2D eigenvalue weighted by molar-refractivity contribution is 7.99. The van der Waals surface area contributed by atoms with Gasteiger partial charge in [-0.05, 0) is 43.2 Å². The van der Waals surface area contributed by atoms with Crippen LogP contribution in [0.15, 0.2) is 51.1 Å². The van der Waals surface area contributed by atoms with Gasteiger partial charge in [0.1, 0.15) is 10.6 Å². The van der Waals surface area contributed by atoms with Crippen LogP contribution >= 0.6 is 11.8 Å². The number of carbonyl (C=O) groups is 1. The number of ether oxygens (including phenoxy) is 1. The molecule has 1 aliphatic rings. The molecule has 12 heteroatoms. The Hall–Kier alpha value is -2.83. The predicted molar refractivity (Wildman–Crippen MR) is 124 cm³/mol. The quantitative estimate of drug-likeness (QED) is 0.478. The SMILES string of the molecule is COc1ccc(NC(=O)CSc2nnc(-c3ccco3)n2C)cc1S(=O)(=O)N1CCCCC1. The second kappa shape index (κ2) is 9.98. The van der Waals surface area contributed by atoms with Crippen LogP contribution in [0.3, 0.4) is 0 Å². The first kappa shape index (κ1) is 23.3. The van der Waals surface area contributed by atoms with Crippen LogP contribution in [0.5, 0.6) is 5.75 Å². The molecule has 4 rings (SSSR count). The summed E-state index contributed by atoms with van der Waals surface area (Å²) < 4.78 is 40.2. The van der Waals surface area contributed by atoms with Crippen molar-refractivity contribution >= 4 is 33.4 Å². The summed E-state index contributed by atoms with van der Waals surface area (Å²) in [5.74, 6) is 1.17. The molecule has 0 bridgehead atoms. The fourth-order valence-electron chi connectivity index (χ4n) is 3.59. The van der Waals surface area contributed by atoms with Crippen molar-refractivity contribution in [3.8, 4) is 17.3 Å². The topological polar surface area (TPSA) is 120 Å². The number of carbonyl (C=O) groups excluding carboxylic acids is 1. The average molecular weight is 492 g/mol. The van der Waals surface area contributed by atoms with Crippen molar-refractivity contribution in [3.05, 3.63) is 36.6 Å². The lowest BCUT2D eigenvalue weighted by Crippen LogP contribution is -2.35. The fourth-order valence-corrected chi connectivity index (χ4v) is 6.00. The highest BCUT2D eigenvalue weighted by Crippen LogP contribution is 2.31. The Bertz CT molecular complexity index is 1220. The molecular formula is C21H25N5O5S2. The number of hydrogen-bond acceptors (Lipinski definition) is 8. The molecule has 0 saturated carbocycles. The van der Waals surface area contributed by atoms with Crippen molar-refractivity contribution in [2.45, 2.75) is 29.3 Å². The van der Waals surface area contributed by atoms with Crippen molar-refractivity contribution in [2.24, 2.45) is 7.05 Å². The summed E-state index contributed by atoms with van der Waals surface area (Å²) in [5.41, 5.74) is 0.381. The van der Waals surface area contributed by atoms with Crippen molar-refractivity contribution in [2.75, 3.05) is 31.3 Å². The van der Waals surface area contributed by atoms with Gasteiger partial charge in [0.05, 0.1) is 19.1 Å². The number of furan rings is 1. The summed E-state index contributed by atoms with van der Waals surface area (Å²) in [4.78, 5) is 12.6. The Balaban J connectivity index is 1.45. The monoisotopic (exact) mass is 491 g/mol. The molecule has 3 heterocycles. The Kier molecular flexibility index (Phi) is 7.05. The van der Waals surface area contributed by atoms with Gasteiger partial charge in [0.2, 0.25) is 15.9 Å². The normalized spacial score (nSPS) is 14.8. The lowest BCUT2D eigenvalue weighted by molar-refractivity contribution is -0.113. The molecule has 176 valence electrons. The van der Waals surface area contributed by atoms with E-state index in [1.807, 2.05) is 0 Å². The van der Waals surface area contributed by atoms with Gasteiger partial charge in [-0.2, -0.15) is 4.31 Å². The molecule has 1 N–H and O–H groups in total. The number of hydrogen-bond donors (Lipinski definition) is 1. The first-order chi connectivity index (χ1) is 15.9. The lowest BCUT2D eigenvalue weighted by atomic mass is 10.2. The van der Waals surface area contributed by atoms with Crippen LogP contribution in [0.2, 0.25) is 0 Å². The standard InChI is InChI=1S/C21H25N5O5S2/c1-25-20(17-7-6-12-31-17)23-24-21(25)32-14-19(27)22-15-8-9-16(30-2)18(13-15)33(28,29)26-10-4-3-5-11-26/h6-9,12-13H,3-5,10-11,14H2,1-2H3,(H,22,27). The van der Waals surface area contributed by atoms with E-state index in [1.54, 1.807) is 42.1 Å². The second-order valence-corrected chi connectivity index (χ2v) is 10.4. The Labute approximate surface area is 196 Å². The minimum atomic E-state index is -3.72. The molecule has 1 amide bonds. The first-order valence-corrected chi connectivity index (χ1v) is 12.9. The van der Waals surface area contributed by atoms with Crippen molar-refractivity contribution in [1.82, 2.24) is 19.1 Å². The summed E-state index contributed by atoms with van der Waals surface area (Å²) >= 11 is 1.22. The van der Waals surface area contributed by atoms with Crippen LogP contribution in [0.25, 0.3) is 11.6 Å². The molecule has 0 spiro atoms. The Morgan fingerprint density at radius 3 is 2.70 bits per heavy atom. The van der Waals surface area contributed by atoms with Crippen LogP contribution in [-0.4, -0.2) is 59.3 Å². The summed E-state index contributed by atoms with van der Waals surface area (Å²) in [5, 5.41) is 11.5. The Morgan fingerprint density at radius 2 is 2.00 bits per heavy atom. The smallest absolute Gasteiger partial charge is 0.246 e. The van der Waals surface area contributed by atoms with E-state index in [1.165, 1.54) is 29.2 Å². The number of rotatable bonds is 8. The zero-order valence-electron chi connectivity index (χ0n) is 18.4. The van der Waals surface area contributed by atoms with Gasteiger partial charge in [0.15, 0.2) is 16.7 Å². The van der Waals surface area contributed by atoms with Crippen LogP contribution < -0.4 is 10.1 Å². The molecule has 0 atom stereocenters. The van der Waals surface area contributed by atoms with Gasteiger partial charge in [-0.15, -0.1) is 10.2 Å². The highest BCUT2D eigenvalue weighted by atomic mass is 32.2. The number of benzene rings is 1. The molecule has 2 aromatic heterocycles. The third-order valence-corrected chi connectivity index (χ3v) is 8.23. The van der Waals surface area contributed by atoms with Gasteiger partial charge >= 0.3 is 0 Å². The van der Waals surface area contributed by atoms with Gasteiger partial charge in [-0.1, -0.05) is 18.2 Å². The third-order valence-electron chi connectivity index (χ3n) is 5.29. The van der Waals surface area contributed by atoms with E-state index in [4.69, 9.17) is 9.15 Å². The summed E-state index contributed by atoms with van der Waals surface area (Å²) in [6.07, 6.45) is 4.24. The van der Waals surface area contributed by atoms with Crippen LogP contribution in [0.1, 0.15) is 19.3 Å². The maximum Gasteiger partial charge on any atom is 0.246 e. The van der Waals surface area contributed by atoms with Crippen molar-refractivity contribution in [3.63, 3.8) is 0 Å². The number of aromatic nitrogens is 3. The molecule has 0 unspecified atom stereocenters. The van der Waals surface area contributed by atoms with Gasteiger partial charge in [0, 0.05) is 25.8 Å². The molecule has 3 aromatic rings. The van der Waals surface area contributed by atoms with E-state index in [0.29, 0.717) is 35.5 Å². The summed E-state index contributed by atoms with van der Waals surface area (Å²) in [6.45, 7) is 0.965. The Morgan fingerprint density at radius 1 is 1.21 bits per heavy atom. The molecule has 33 heavy (non-hydrogen) atoms. The zero-order chi connectivity index (χ0) is 23.4. The van der Waals surface area contributed by atoms with Crippen molar-refractivity contribution < 1.29 is 22.4 Å². The van der Waals surface area contributed by atoms with Gasteiger partial charge in [-0.25, -0.2) is 8.42 Å². The van der Waals surface area contributed by atoms with E-state index < -0.39 is 10.0 Å². The van der Waals surface area contributed by atoms with E-state index in [-0.39, 0.29) is 22.3 Å². The second-order valence-electron chi connectivity index (χ2n) is 7.51. The van der Waals surface area contributed by atoms with E-state index in [0.717, 1.165) is 19.3 Å². The zero-order valence-corrected chi connectivity index (χ0v) is 20.0. The molecule has 0 radical (unpaired) electrons. The minimum absolute atomic E-state index is 0.0498. The molecule has 1 aliphatic heterocycles. The fraction of sp³-hybridized carbons (Fsp3) is 0.381. The summed E-state index contributed by atoms with van der Waals surface area (Å²) in [7, 11) is -0.503. The van der Waals surface area contributed by atoms with Crippen molar-refractivity contribution in [1.29, 1.82) is 0 Å². The molecule has 1 saturated heterocycles. The number of piperidine rings is 1. The maximum absolute atomic E-state index is 13.2. The van der Waals surface area contributed by atoms with Crippen LogP contribution in [-0.2, 0) is 21.9 Å². The molecule has 0 aliphatic carbocycles. The van der Waals surface area contributed by atoms with E-state index in [2.05, 4.69) is 15.5 Å². The number of thioether (sulfide) groups is 1. The average Bonchev–Trinajstić information content (AvgIpc) is 3.48. The first-order valence-electron chi connectivity index (χ1n) is 10.4. The van der Waals surface area contributed by atoms with Gasteiger partial charge in [0.25, 0.3) is 0 Å². The number of nitrogens with zero attached hydrogens (tertiary/aromatic N) is 4. The number of amides is 1. The third kappa shape index (κ3) is 5.07. The number of nitrogens with one attached hydrogen (secondary N) is 1. The van der Waals surface area contributed by atoms with Gasteiger partial charge < -0.3 is 19.0 Å². The number of methoxy groups -OCH3 is 1. The highest BCUT2D eigenvalue weighted by Gasteiger charge is 2.29. The molecule has 10 nitrogen and oxygen atoms in total.